The summed E-state index contributed by atoms with van der Waals surface area (Å²) in [5, 5.41) is 7.00. The molecule has 0 radical (unpaired) electrons. The van der Waals surface area contributed by atoms with Crippen LogP contribution in [0.25, 0.3) is 5.69 Å². The van der Waals surface area contributed by atoms with Crippen LogP contribution in [-0.4, -0.2) is 20.6 Å². The van der Waals surface area contributed by atoms with E-state index in [1.807, 2.05) is 73.1 Å². The van der Waals surface area contributed by atoms with Crippen LogP contribution < -0.4 is 15.5 Å². The van der Waals surface area contributed by atoms with Gasteiger partial charge in [-0.15, -0.1) is 0 Å². The lowest BCUT2D eigenvalue weighted by atomic mass is 10.00. The van der Waals surface area contributed by atoms with Crippen LogP contribution in [0.2, 0.25) is 5.02 Å². The number of carbonyl (C=O) groups is 1. The van der Waals surface area contributed by atoms with Crippen LogP contribution in [0.15, 0.2) is 79.1 Å². The van der Waals surface area contributed by atoms with Gasteiger partial charge in [-0.2, -0.15) is 0 Å². The van der Waals surface area contributed by atoms with Crippen molar-refractivity contribution < 1.29 is 9.18 Å². The highest BCUT2D eigenvalue weighted by Gasteiger charge is 2.42. The number of amides is 1. The monoisotopic (exact) mass is 533 g/mol. The number of halogens is 2. The van der Waals surface area contributed by atoms with E-state index in [-0.39, 0.29) is 23.0 Å². The highest BCUT2D eigenvalue weighted by molar-refractivity contribution is 7.80. The van der Waals surface area contributed by atoms with E-state index >= 15 is 0 Å². The summed E-state index contributed by atoms with van der Waals surface area (Å²) in [6.07, 6.45) is 4.08. The van der Waals surface area contributed by atoms with Crippen LogP contribution in [0.5, 0.6) is 0 Å². The minimum atomic E-state index is -0.471. The van der Waals surface area contributed by atoms with E-state index in [0.29, 0.717) is 11.5 Å². The molecule has 4 aromatic rings. The molecule has 1 aliphatic rings. The van der Waals surface area contributed by atoms with Gasteiger partial charge in [0.2, 0.25) is 5.91 Å². The normalized spacial score (nSPS) is 17.1. The van der Waals surface area contributed by atoms with Crippen LogP contribution >= 0.6 is 23.8 Å². The topological polar surface area (TPSA) is 62.2 Å². The number of anilines is 2. The van der Waals surface area contributed by atoms with E-state index in [9.17, 15) is 9.18 Å². The van der Waals surface area contributed by atoms with Crippen molar-refractivity contribution in [3.8, 4) is 5.69 Å². The number of carbonyl (C=O) groups excluding carboxylic acids is 1. The van der Waals surface area contributed by atoms with E-state index in [2.05, 4.69) is 20.5 Å². The zero-order chi connectivity index (χ0) is 26.1. The second-order valence-electron chi connectivity index (χ2n) is 8.80. The van der Waals surface area contributed by atoms with Gasteiger partial charge in [0.05, 0.1) is 16.8 Å². The highest BCUT2D eigenvalue weighted by atomic mass is 35.5. The van der Waals surface area contributed by atoms with Gasteiger partial charge in [0, 0.05) is 41.6 Å². The molecule has 2 aromatic heterocycles. The fraction of sp³-hybridized carbons (Fsp3) is 0.179. The first-order valence-electron chi connectivity index (χ1n) is 11.9. The van der Waals surface area contributed by atoms with Crippen LogP contribution in [-0.2, 0) is 4.79 Å². The first-order valence-corrected chi connectivity index (χ1v) is 12.7. The predicted octanol–water partition coefficient (Wildman–Crippen LogP) is 6.50. The summed E-state index contributed by atoms with van der Waals surface area (Å²) in [6, 6.07) is 19.7. The zero-order valence-corrected chi connectivity index (χ0v) is 21.9. The predicted molar refractivity (Wildman–Crippen MR) is 149 cm³/mol. The van der Waals surface area contributed by atoms with Gasteiger partial charge in [-0.25, -0.2) is 4.39 Å². The molecule has 2 atom stereocenters. The van der Waals surface area contributed by atoms with Crippen molar-refractivity contribution in [1.82, 2.24) is 14.9 Å². The van der Waals surface area contributed by atoms with Crippen molar-refractivity contribution in [2.45, 2.75) is 32.4 Å². The summed E-state index contributed by atoms with van der Waals surface area (Å²) in [6.45, 7) is 3.77. The fourth-order valence-electron chi connectivity index (χ4n) is 4.62. The quantitative estimate of drug-likeness (QED) is 0.277. The van der Waals surface area contributed by atoms with E-state index in [4.69, 9.17) is 23.8 Å². The lowest BCUT2D eigenvalue weighted by molar-refractivity contribution is -0.115. The summed E-state index contributed by atoms with van der Waals surface area (Å²) >= 11 is 12.0. The Morgan fingerprint density at radius 1 is 1.14 bits per heavy atom. The summed E-state index contributed by atoms with van der Waals surface area (Å²) in [4.78, 5) is 18.6. The lowest BCUT2D eigenvalue weighted by Crippen LogP contribution is -2.30. The second kappa shape index (κ2) is 10.3. The van der Waals surface area contributed by atoms with Gasteiger partial charge in [-0.1, -0.05) is 24.6 Å². The fourth-order valence-corrected chi connectivity index (χ4v) is 5.14. The van der Waals surface area contributed by atoms with Crippen molar-refractivity contribution in [3.05, 3.63) is 107 Å². The number of hydrogen-bond donors (Lipinski definition) is 2. The van der Waals surface area contributed by atoms with E-state index < -0.39 is 5.82 Å². The third-order valence-electron chi connectivity index (χ3n) is 6.45. The molecular weight excluding hydrogens is 509 g/mol. The van der Waals surface area contributed by atoms with Crippen LogP contribution in [0.1, 0.15) is 42.4 Å². The van der Waals surface area contributed by atoms with Crippen molar-refractivity contribution in [1.29, 1.82) is 0 Å². The molecule has 1 aliphatic heterocycles. The van der Waals surface area contributed by atoms with Gasteiger partial charge in [0.1, 0.15) is 11.9 Å². The smallest absolute Gasteiger partial charge is 0.224 e. The molecule has 1 amide bonds. The van der Waals surface area contributed by atoms with E-state index in [1.54, 1.807) is 18.3 Å². The van der Waals surface area contributed by atoms with Crippen LogP contribution in [0.3, 0.4) is 0 Å². The van der Waals surface area contributed by atoms with E-state index in [1.165, 1.54) is 6.07 Å². The molecule has 0 unspecified atom stereocenters. The minimum Gasteiger partial charge on any atom is -0.351 e. The number of aromatic nitrogens is 2. The Labute approximate surface area is 225 Å². The largest absolute Gasteiger partial charge is 0.351 e. The maximum Gasteiger partial charge on any atom is 0.224 e. The standard InChI is InChI=1S/C28H25ClFN5OS/c1-3-25(36)32-22-12-10-19(15-17(22)2)35-27(26(33-28(35)37)23-7-4-5-13-31-23)24-8-6-14-34(24)18-9-11-21(30)20(29)16-18/h4-16,26-27H,3H2,1-2H3,(H,32,36)(H,33,37)/t26-,27+/m0/s1. The molecule has 0 aliphatic carbocycles. The van der Waals surface area contributed by atoms with Gasteiger partial charge in [-0.05, 0) is 85.4 Å². The molecule has 3 heterocycles. The molecule has 0 saturated carbocycles. The molecule has 1 fully saturated rings. The Morgan fingerprint density at radius 3 is 2.65 bits per heavy atom. The van der Waals surface area contributed by atoms with Gasteiger partial charge < -0.3 is 20.1 Å². The summed E-state index contributed by atoms with van der Waals surface area (Å²) in [5.41, 5.74) is 5.05. The molecule has 188 valence electrons. The highest BCUT2D eigenvalue weighted by Crippen LogP contribution is 2.43. The number of nitrogens with zero attached hydrogens (tertiary/aromatic N) is 3. The van der Waals surface area contributed by atoms with Crippen molar-refractivity contribution >= 4 is 46.2 Å². The van der Waals surface area contributed by atoms with Crippen molar-refractivity contribution in [3.63, 3.8) is 0 Å². The maximum absolute atomic E-state index is 13.9. The number of aryl methyl sites for hydroxylation is 1. The van der Waals surface area contributed by atoms with E-state index in [0.717, 1.165) is 34.0 Å². The van der Waals surface area contributed by atoms with Gasteiger partial charge in [-0.3, -0.25) is 9.78 Å². The molecule has 2 aromatic carbocycles. The maximum atomic E-state index is 13.9. The number of hydrogen-bond acceptors (Lipinski definition) is 3. The molecule has 5 rings (SSSR count). The Balaban J connectivity index is 1.62. The Morgan fingerprint density at radius 2 is 1.95 bits per heavy atom. The number of thiocarbonyl (C=S) groups is 1. The molecule has 6 nitrogen and oxygen atoms in total. The summed E-state index contributed by atoms with van der Waals surface area (Å²) < 4.78 is 15.9. The van der Waals surface area contributed by atoms with Crippen LogP contribution in [0, 0.1) is 12.7 Å². The van der Waals surface area contributed by atoms with Crippen LogP contribution in [0.4, 0.5) is 15.8 Å². The molecule has 9 heteroatoms. The summed E-state index contributed by atoms with van der Waals surface area (Å²) in [7, 11) is 0. The molecule has 0 bridgehead atoms. The molecular formula is C28H25ClFN5OS. The number of rotatable bonds is 6. The molecule has 2 N–H and O–H groups in total. The Kier molecular flexibility index (Phi) is 6.95. The van der Waals surface area contributed by atoms with Crippen molar-refractivity contribution in [2.24, 2.45) is 0 Å². The summed E-state index contributed by atoms with van der Waals surface area (Å²) in [5.74, 6) is -0.514. The third kappa shape index (κ3) is 4.82. The second-order valence-corrected chi connectivity index (χ2v) is 9.59. The number of nitrogens with one attached hydrogen (secondary N) is 2. The average Bonchev–Trinajstić information content (AvgIpc) is 3.51. The number of pyridine rings is 1. The Bertz CT molecular complexity index is 1470. The van der Waals surface area contributed by atoms with Gasteiger partial charge in [0.25, 0.3) is 0 Å². The van der Waals surface area contributed by atoms with Gasteiger partial charge >= 0.3 is 0 Å². The molecule has 37 heavy (non-hydrogen) atoms. The number of benzene rings is 2. The first kappa shape index (κ1) is 24.9. The average molecular weight is 534 g/mol. The van der Waals surface area contributed by atoms with Gasteiger partial charge in [0.15, 0.2) is 5.11 Å². The first-order chi connectivity index (χ1) is 17.9. The SMILES string of the molecule is CCC(=O)Nc1ccc(N2C(=S)N[C@@H](c3ccccn3)[C@H]2c2cccn2-c2ccc(F)c(Cl)c2)cc1C. The molecule has 1 saturated heterocycles. The minimum absolute atomic E-state index is 0.0434. The Hall–Kier alpha value is -3.75. The molecule has 0 spiro atoms. The lowest BCUT2D eigenvalue weighted by Gasteiger charge is -2.29. The van der Waals surface area contributed by atoms with Crippen molar-refractivity contribution in [2.75, 3.05) is 10.2 Å². The zero-order valence-electron chi connectivity index (χ0n) is 20.3. The third-order valence-corrected chi connectivity index (χ3v) is 7.05.